The predicted molar refractivity (Wildman–Crippen MR) is 109 cm³/mol. The quantitative estimate of drug-likeness (QED) is 0.381. The topological polar surface area (TPSA) is 73.8 Å². The van der Waals surface area contributed by atoms with E-state index < -0.39 is 10.0 Å². The van der Waals surface area contributed by atoms with Crippen LogP contribution in [-0.4, -0.2) is 51.1 Å². The molecule has 1 aromatic carbocycles. The van der Waals surface area contributed by atoms with Gasteiger partial charge in [-0.15, -0.1) is 24.0 Å². The maximum absolute atomic E-state index is 13.7. The maximum Gasteiger partial charge on any atom is 0.214 e. The van der Waals surface area contributed by atoms with E-state index in [1.165, 1.54) is 10.4 Å². The lowest BCUT2D eigenvalue weighted by Gasteiger charge is -2.20. The molecule has 1 unspecified atom stereocenters. The summed E-state index contributed by atoms with van der Waals surface area (Å²) in [6, 6.07) is 5.01. The van der Waals surface area contributed by atoms with Gasteiger partial charge in [-0.3, -0.25) is 4.99 Å². The smallest absolute Gasteiger partial charge is 0.214 e. The number of guanidine groups is 1. The van der Waals surface area contributed by atoms with Crippen molar-refractivity contribution in [1.29, 1.82) is 0 Å². The van der Waals surface area contributed by atoms with Crippen molar-refractivity contribution in [3.8, 4) is 0 Å². The normalized spacial score (nSPS) is 18.5. The Kier molecular flexibility index (Phi) is 8.55. The van der Waals surface area contributed by atoms with Crippen LogP contribution >= 0.6 is 24.0 Å². The van der Waals surface area contributed by atoms with E-state index in [4.69, 9.17) is 0 Å². The van der Waals surface area contributed by atoms with Gasteiger partial charge in [0.2, 0.25) is 10.0 Å². The Bertz CT molecular complexity index is 712. The molecule has 6 nitrogen and oxygen atoms in total. The zero-order valence-electron chi connectivity index (χ0n) is 14.8. The first-order chi connectivity index (χ1) is 11.3. The van der Waals surface area contributed by atoms with Gasteiger partial charge in [-0.2, -0.15) is 0 Å². The molecule has 9 heteroatoms. The van der Waals surface area contributed by atoms with Crippen LogP contribution in [0.2, 0.25) is 0 Å². The molecular formula is C16H26FIN4O2S. The van der Waals surface area contributed by atoms with Crippen LogP contribution in [0.15, 0.2) is 23.2 Å². The van der Waals surface area contributed by atoms with E-state index >= 15 is 0 Å². The predicted octanol–water partition coefficient (Wildman–Crippen LogP) is 2.01. The number of hydrogen-bond acceptors (Lipinski definition) is 3. The Balaban J connectivity index is 0.00000312. The zero-order valence-corrected chi connectivity index (χ0v) is 17.9. The summed E-state index contributed by atoms with van der Waals surface area (Å²) in [6.45, 7) is 5.10. The van der Waals surface area contributed by atoms with Crippen LogP contribution in [-0.2, 0) is 10.0 Å². The van der Waals surface area contributed by atoms with Crippen molar-refractivity contribution in [2.75, 3.05) is 32.4 Å². The molecule has 1 heterocycles. The van der Waals surface area contributed by atoms with Gasteiger partial charge < -0.3 is 10.6 Å². The highest BCUT2D eigenvalue weighted by molar-refractivity contribution is 14.0. The average Bonchev–Trinajstić information content (AvgIpc) is 2.87. The molecule has 0 radical (unpaired) electrons. The summed E-state index contributed by atoms with van der Waals surface area (Å²) in [5.74, 6) is 0.555. The minimum Gasteiger partial charge on any atom is -0.355 e. The fourth-order valence-corrected chi connectivity index (χ4v) is 4.13. The molecular weight excluding hydrogens is 458 g/mol. The first-order valence-electron chi connectivity index (χ1n) is 8.04. The molecule has 142 valence electrons. The van der Waals surface area contributed by atoms with Gasteiger partial charge in [-0.25, -0.2) is 17.1 Å². The van der Waals surface area contributed by atoms with E-state index in [1.807, 2.05) is 13.0 Å². The number of aliphatic imine (C=N–C) groups is 1. The fraction of sp³-hybridized carbons (Fsp3) is 0.562. The summed E-state index contributed by atoms with van der Waals surface area (Å²) >= 11 is 0. The van der Waals surface area contributed by atoms with Crippen LogP contribution < -0.4 is 10.6 Å². The number of benzene rings is 1. The Labute approximate surface area is 166 Å². The van der Waals surface area contributed by atoms with Crippen LogP contribution in [0, 0.1) is 12.7 Å². The summed E-state index contributed by atoms with van der Waals surface area (Å²) in [6.07, 6.45) is 0.686. The Morgan fingerprint density at radius 3 is 2.72 bits per heavy atom. The number of rotatable bonds is 5. The maximum atomic E-state index is 13.7. The van der Waals surface area contributed by atoms with Gasteiger partial charge in [-0.1, -0.05) is 12.1 Å². The van der Waals surface area contributed by atoms with E-state index in [2.05, 4.69) is 15.6 Å². The van der Waals surface area contributed by atoms with Crippen molar-refractivity contribution >= 4 is 40.0 Å². The largest absolute Gasteiger partial charge is 0.355 e. The number of nitrogens with zero attached hydrogens (tertiary/aromatic N) is 2. The number of hydrogen-bond donors (Lipinski definition) is 2. The van der Waals surface area contributed by atoms with E-state index in [0.717, 1.165) is 5.56 Å². The molecule has 1 aromatic rings. The van der Waals surface area contributed by atoms with Crippen LogP contribution in [0.3, 0.4) is 0 Å². The molecule has 2 rings (SSSR count). The standard InChI is InChI=1S/C16H25FN4O2S.HI/c1-12-5-6-14(11-15(12)17)13(2)20-16(18-3)19-7-9-21-8-4-10-24(21,22)23;/h5-6,11,13H,4,7-10H2,1-3H3,(H2,18,19,20);1H. The van der Waals surface area contributed by atoms with Crippen molar-refractivity contribution in [3.63, 3.8) is 0 Å². The molecule has 1 fully saturated rings. The van der Waals surface area contributed by atoms with Gasteiger partial charge in [0.1, 0.15) is 5.82 Å². The molecule has 0 saturated carbocycles. The van der Waals surface area contributed by atoms with Crippen molar-refractivity contribution in [1.82, 2.24) is 14.9 Å². The van der Waals surface area contributed by atoms with Crippen molar-refractivity contribution in [3.05, 3.63) is 35.1 Å². The number of nitrogens with one attached hydrogen (secondary N) is 2. The van der Waals surface area contributed by atoms with Crippen LogP contribution in [0.25, 0.3) is 0 Å². The Morgan fingerprint density at radius 1 is 1.44 bits per heavy atom. The summed E-state index contributed by atoms with van der Waals surface area (Å²) in [5, 5.41) is 6.28. The first kappa shape index (κ1) is 22.1. The molecule has 0 aliphatic carbocycles. The van der Waals surface area contributed by atoms with E-state index in [1.54, 1.807) is 20.0 Å². The van der Waals surface area contributed by atoms with Gasteiger partial charge in [0, 0.05) is 26.7 Å². The van der Waals surface area contributed by atoms with Crippen LogP contribution in [0.5, 0.6) is 0 Å². The highest BCUT2D eigenvalue weighted by Gasteiger charge is 2.27. The summed E-state index contributed by atoms with van der Waals surface area (Å²) in [7, 11) is -1.43. The van der Waals surface area contributed by atoms with E-state index in [0.29, 0.717) is 37.6 Å². The molecule has 0 bridgehead atoms. The molecule has 2 N–H and O–H groups in total. The summed E-state index contributed by atoms with van der Waals surface area (Å²) in [4.78, 5) is 4.13. The number of halogens is 2. The highest BCUT2D eigenvalue weighted by Crippen LogP contribution is 2.16. The van der Waals surface area contributed by atoms with Gasteiger partial charge in [0.05, 0.1) is 11.8 Å². The molecule has 1 aliphatic heterocycles. The minimum absolute atomic E-state index is 0. The van der Waals surface area contributed by atoms with Crippen molar-refractivity contribution < 1.29 is 12.8 Å². The van der Waals surface area contributed by atoms with E-state index in [9.17, 15) is 12.8 Å². The first-order valence-corrected chi connectivity index (χ1v) is 9.65. The fourth-order valence-electron chi connectivity index (χ4n) is 2.60. The molecule has 1 saturated heterocycles. The number of sulfonamides is 1. The lowest BCUT2D eigenvalue weighted by atomic mass is 10.1. The lowest BCUT2D eigenvalue weighted by molar-refractivity contribution is 0.444. The van der Waals surface area contributed by atoms with Crippen molar-refractivity contribution in [2.45, 2.75) is 26.3 Å². The third-order valence-electron chi connectivity index (χ3n) is 4.13. The van der Waals surface area contributed by atoms with Gasteiger partial charge in [0.15, 0.2) is 5.96 Å². The lowest BCUT2D eigenvalue weighted by Crippen LogP contribution is -2.42. The SMILES string of the molecule is CN=C(NCCN1CCCS1(=O)=O)NC(C)c1ccc(C)c(F)c1.I. The molecule has 1 aliphatic rings. The van der Waals surface area contributed by atoms with Gasteiger partial charge >= 0.3 is 0 Å². The van der Waals surface area contributed by atoms with E-state index in [-0.39, 0.29) is 41.6 Å². The van der Waals surface area contributed by atoms with Crippen LogP contribution in [0.4, 0.5) is 4.39 Å². The average molecular weight is 484 g/mol. The minimum atomic E-state index is -3.08. The monoisotopic (exact) mass is 484 g/mol. The Morgan fingerprint density at radius 2 is 2.16 bits per heavy atom. The molecule has 0 aromatic heterocycles. The third-order valence-corrected chi connectivity index (χ3v) is 6.09. The van der Waals surface area contributed by atoms with Gasteiger partial charge in [0.25, 0.3) is 0 Å². The third kappa shape index (κ3) is 6.07. The summed E-state index contributed by atoms with van der Waals surface area (Å²) < 4.78 is 38.7. The molecule has 25 heavy (non-hydrogen) atoms. The van der Waals surface area contributed by atoms with Gasteiger partial charge in [-0.05, 0) is 37.5 Å². The second-order valence-electron chi connectivity index (χ2n) is 5.94. The molecule has 1 atom stereocenters. The molecule has 0 amide bonds. The Hall–Kier alpha value is -0.940. The van der Waals surface area contributed by atoms with Crippen LogP contribution in [0.1, 0.15) is 30.5 Å². The second kappa shape index (κ2) is 9.67. The molecule has 0 spiro atoms. The highest BCUT2D eigenvalue weighted by atomic mass is 127. The second-order valence-corrected chi connectivity index (χ2v) is 8.03. The summed E-state index contributed by atoms with van der Waals surface area (Å²) in [5.41, 5.74) is 1.43. The number of aryl methyl sites for hydroxylation is 1. The zero-order chi connectivity index (χ0) is 17.7. The van der Waals surface area contributed by atoms with Crippen molar-refractivity contribution in [2.24, 2.45) is 4.99 Å².